The Morgan fingerprint density at radius 3 is 2.53 bits per heavy atom. The number of aromatic nitrogens is 1. The van der Waals surface area contributed by atoms with Crippen molar-refractivity contribution >= 4 is 17.2 Å². The first-order valence-corrected chi connectivity index (χ1v) is 7.37. The van der Waals surface area contributed by atoms with Crippen molar-refractivity contribution in [2.45, 2.75) is 45.4 Å². The summed E-state index contributed by atoms with van der Waals surface area (Å²) in [7, 11) is 0. The number of carbonyl (C=O) groups is 1. The summed E-state index contributed by atoms with van der Waals surface area (Å²) in [5.74, 6) is 0.184. The fraction of sp³-hybridized carbons (Fsp3) is 0.692. The highest BCUT2D eigenvalue weighted by molar-refractivity contribution is 7.13. The van der Waals surface area contributed by atoms with Gasteiger partial charge in [0.05, 0.1) is 11.2 Å². The van der Waals surface area contributed by atoms with Crippen molar-refractivity contribution < 1.29 is 4.79 Å². The lowest BCUT2D eigenvalue weighted by atomic mass is 10.1. The molecule has 0 unspecified atom stereocenters. The Balaban J connectivity index is 2.01. The molecule has 0 atom stereocenters. The van der Waals surface area contributed by atoms with Gasteiger partial charge in [0.2, 0.25) is 0 Å². The van der Waals surface area contributed by atoms with Crippen LogP contribution in [0.25, 0.3) is 0 Å². The SMILES string of the molecule is CCc1ncc(C(=O)N2CCCCCCC2)s1. The minimum atomic E-state index is 0.184. The predicted molar refractivity (Wildman–Crippen MR) is 70.5 cm³/mol. The van der Waals surface area contributed by atoms with Crippen LogP contribution in [0.2, 0.25) is 0 Å². The fourth-order valence-electron chi connectivity index (χ4n) is 2.18. The molecule has 0 aromatic carbocycles. The zero-order chi connectivity index (χ0) is 12.1. The largest absolute Gasteiger partial charge is 0.338 e. The lowest BCUT2D eigenvalue weighted by Crippen LogP contribution is -2.33. The Hall–Kier alpha value is -0.900. The second kappa shape index (κ2) is 6.15. The average Bonchev–Trinajstić information content (AvgIpc) is 2.76. The maximum atomic E-state index is 12.3. The van der Waals surface area contributed by atoms with Crippen molar-refractivity contribution in [2.24, 2.45) is 0 Å². The molecule has 0 N–H and O–H groups in total. The summed E-state index contributed by atoms with van der Waals surface area (Å²) in [5, 5.41) is 1.06. The summed E-state index contributed by atoms with van der Waals surface area (Å²) in [5.41, 5.74) is 0. The maximum absolute atomic E-state index is 12.3. The van der Waals surface area contributed by atoms with E-state index in [1.807, 2.05) is 4.90 Å². The Kier molecular flexibility index (Phi) is 4.54. The number of thiazole rings is 1. The number of amides is 1. The minimum absolute atomic E-state index is 0.184. The van der Waals surface area contributed by atoms with Gasteiger partial charge in [-0.05, 0) is 19.3 Å². The van der Waals surface area contributed by atoms with Crippen molar-refractivity contribution in [3.05, 3.63) is 16.1 Å². The van der Waals surface area contributed by atoms with Gasteiger partial charge in [-0.25, -0.2) is 4.98 Å². The first-order chi connectivity index (χ1) is 8.31. The van der Waals surface area contributed by atoms with Crippen LogP contribution in [0, 0.1) is 0 Å². The summed E-state index contributed by atoms with van der Waals surface area (Å²) in [4.78, 5) is 19.4. The van der Waals surface area contributed by atoms with E-state index in [0.29, 0.717) is 0 Å². The van der Waals surface area contributed by atoms with Crippen LogP contribution in [0.3, 0.4) is 0 Å². The Morgan fingerprint density at radius 1 is 1.29 bits per heavy atom. The van der Waals surface area contributed by atoms with E-state index in [4.69, 9.17) is 0 Å². The Morgan fingerprint density at radius 2 is 1.94 bits per heavy atom. The standard InChI is InChI=1S/C13H20N2OS/c1-2-12-14-10-11(17-12)13(16)15-8-6-4-3-5-7-9-15/h10H,2-9H2,1H3. The number of likely N-dealkylation sites (tertiary alicyclic amines) is 1. The van der Waals surface area contributed by atoms with Gasteiger partial charge in [0.1, 0.15) is 4.88 Å². The molecule has 17 heavy (non-hydrogen) atoms. The molecule has 2 rings (SSSR count). The highest BCUT2D eigenvalue weighted by atomic mass is 32.1. The van der Waals surface area contributed by atoms with Crippen LogP contribution in [0.15, 0.2) is 6.20 Å². The Bertz CT molecular complexity index is 367. The lowest BCUT2D eigenvalue weighted by Gasteiger charge is -2.24. The van der Waals surface area contributed by atoms with Crippen molar-refractivity contribution in [3.63, 3.8) is 0 Å². The van der Waals surface area contributed by atoms with E-state index in [-0.39, 0.29) is 5.91 Å². The molecule has 2 heterocycles. The first kappa shape index (κ1) is 12.6. The summed E-state index contributed by atoms with van der Waals surface area (Å²) in [6.07, 6.45) is 8.78. The van der Waals surface area contributed by atoms with Gasteiger partial charge in [0, 0.05) is 13.1 Å². The number of aryl methyl sites for hydroxylation is 1. The Labute approximate surface area is 107 Å². The molecular formula is C13H20N2OS. The summed E-state index contributed by atoms with van der Waals surface area (Å²) < 4.78 is 0. The summed E-state index contributed by atoms with van der Waals surface area (Å²) in [6, 6.07) is 0. The topological polar surface area (TPSA) is 33.2 Å². The van der Waals surface area contributed by atoms with Gasteiger partial charge >= 0.3 is 0 Å². The fourth-order valence-corrected chi connectivity index (χ4v) is 3.00. The smallest absolute Gasteiger partial charge is 0.265 e. The normalized spacial score (nSPS) is 17.6. The van der Waals surface area contributed by atoms with E-state index >= 15 is 0 Å². The number of rotatable bonds is 2. The quantitative estimate of drug-likeness (QED) is 0.810. The highest BCUT2D eigenvalue weighted by Crippen LogP contribution is 2.18. The molecule has 0 spiro atoms. The maximum Gasteiger partial charge on any atom is 0.265 e. The molecular weight excluding hydrogens is 232 g/mol. The van der Waals surface area contributed by atoms with Gasteiger partial charge in [-0.1, -0.05) is 26.2 Å². The highest BCUT2D eigenvalue weighted by Gasteiger charge is 2.18. The lowest BCUT2D eigenvalue weighted by molar-refractivity contribution is 0.0747. The van der Waals surface area contributed by atoms with E-state index in [1.54, 1.807) is 17.5 Å². The molecule has 1 aliphatic rings. The van der Waals surface area contributed by atoms with Crippen molar-refractivity contribution in [3.8, 4) is 0 Å². The number of hydrogen-bond donors (Lipinski definition) is 0. The van der Waals surface area contributed by atoms with Gasteiger partial charge in [0.25, 0.3) is 5.91 Å². The third-order valence-corrected chi connectivity index (χ3v) is 4.34. The molecule has 0 saturated carbocycles. The van der Waals surface area contributed by atoms with Crippen LogP contribution in [-0.4, -0.2) is 28.9 Å². The molecule has 0 aliphatic carbocycles. The minimum Gasteiger partial charge on any atom is -0.338 e. The monoisotopic (exact) mass is 252 g/mol. The molecule has 1 aromatic rings. The number of carbonyl (C=O) groups excluding carboxylic acids is 1. The molecule has 1 aromatic heterocycles. The van der Waals surface area contributed by atoms with Gasteiger partial charge in [-0.3, -0.25) is 4.79 Å². The third-order valence-electron chi connectivity index (χ3n) is 3.21. The molecule has 0 radical (unpaired) electrons. The molecule has 4 heteroatoms. The van der Waals surface area contributed by atoms with Gasteiger partial charge in [-0.15, -0.1) is 11.3 Å². The van der Waals surface area contributed by atoms with E-state index in [1.165, 1.54) is 19.3 Å². The molecule has 0 bridgehead atoms. The number of nitrogens with zero attached hydrogens (tertiary/aromatic N) is 2. The van der Waals surface area contributed by atoms with Crippen LogP contribution in [0.5, 0.6) is 0 Å². The van der Waals surface area contributed by atoms with E-state index in [2.05, 4.69) is 11.9 Å². The molecule has 3 nitrogen and oxygen atoms in total. The van der Waals surface area contributed by atoms with Crippen molar-refractivity contribution in [1.82, 2.24) is 9.88 Å². The summed E-state index contributed by atoms with van der Waals surface area (Å²) >= 11 is 1.54. The molecule has 1 fully saturated rings. The van der Waals surface area contributed by atoms with E-state index in [0.717, 1.165) is 42.2 Å². The zero-order valence-electron chi connectivity index (χ0n) is 10.4. The molecule has 1 aliphatic heterocycles. The molecule has 1 amide bonds. The second-order valence-corrected chi connectivity index (χ2v) is 5.65. The molecule has 94 valence electrons. The first-order valence-electron chi connectivity index (χ1n) is 6.55. The van der Waals surface area contributed by atoms with Crippen LogP contribution in [0.4, 0.5) is 0 Å². The zero-order valence-corrected chi connectivity index (χ0v) is 11.3. The van der Waals surface area contributed by atoms with Crippen molar-refractivity contribution in [1.29, 1.82) is 0 Å². The van der Waals surface area contributed by atoms with Gasteiger partial charge in [-0.2, -0.15) is 0 Å². The average molecular weight is 252 g/mol. The molecule has 1 saturated heterocycles. The third kappa shape index (κ3) is 3.28. The van der Waals surface area contributed by atoms with E-state index in [9.17, 15) is 4.79 Å². The van der Waals surface area contributed by atoms with Gasteiger partial charge < -0.3 is 4.90 Å². The van der Waals surface area contributed by atoms with Gasteiger partial charge in [0.15, 0.2) is 0 Å². The van der Waals surface area contributed by atoms with Crippen LogP contribution < -0.4 is 0 Å². The van der Waals surface area contributed by atoms with Crippen LogP contribution >= 0.6 is 11.3 Å². The second-order valence-electron chi connectivity index (χ2n) is 4.53. The van der Waals surface area contributed by atoms with E-state index < -0.39 is 0 Å². The van der Waals surface area contributed by atoms with Crippen LogP contribution in [0.1, 0.15) is 53.7 Å². The van der Waals surface area contributed by atoms with Crippen LogP contribution in [-0.2, 0) is 6.42 Å². The number of hydrogen-bond acceptors (Lipinski definition) is 3. The summed E-state index contributed by atoms with van der Waals surface area (Å²) in [6.45, 7) is 3.90. The van der Waals surface area contributed by atoms with Crippen molar-refractivity contribution in [2.75, 3.05) is 13.1 Å². The predicted octanol–water partition coefficient (Wildman–Crippen LogP) is 3.11.